The molecule has 0 aromatic heterocycles. The highest BCUT2D eigenvalue weighted by molar-refractivity contribution is 14.0. The second-order valence-electron chi connectivity index (χ2n) is 7.27. The average molecular weight is 456 g/mol. The largest absolute Gasteiger partial charge is 0.354 e. The number of guanidine groups is 1. The molecule has 0 amide bonds. The van der Waals surface area contributed by atoms with E-state index in [4.69, 9.17) is 0 Å². The van der Waals surface area contributed by atoms with Gasteiger partial charge >= 0.3 is 0 Å². The normalized spacial score (nSPS) is 21.0. The third-order valence-corrected chi connectivity index (χ3v) is 5.51. The molecule has 1 atom stereocenters. The molecule has 0 spiro atoms. The molecule has 25 heavy (non-hydrogen) atoms. The Hall–Kier alpha value is -0.820. The van der Waals surface area contributed by atoms with Gasteiger partial charge in [0.15, 0.2) is 5.96 Å². The molecule has 3 rings (SSSR count). The first-order chi connectivity index (χ1) is 11.8. The molecule has 2 aliphatic rings. The lowest BCUT2D eigenvalue weighted by Gasteiger charge is -2.35. The van der Waals surface area contributed by atoms with E-state index < -0.39 is 0 Å². The van der Waals surface area contributed by atoms with Crippen LogP contribution in [0.2, 0.25) is 0 Å². The van der Waals surface area contributed by atoms with Gasteiger partial charge < -0.3 is 10.2 Å². The van der Waals surface area contributed by atoms with Crippen molar-refractivity contribution in [3.8, 4) is 0 Å². The number of hydrogen-bond donors (Lipinski definition) is 1. The first-order valence-corrected chi connectivity index (χ1v) is 9.52. The summed E-state index contributed by atoms with van der Waals surface area (Å²) in [5, 5.41) is 3.66. The topological polar surface area (TPSA) is 30.9 Å². The van der Waals surface area contributed by atoms with E-state index in [9.17, 15) is 0 Å². The van der Waals surface area contributed by atoms with Gasteiger partial charge in [-0.15, -0.1) is 24.0 Å². The summed E-state index contributed by atoms with van der Waals surface area (Å²) >= 11 is 0. The van der Waals surface area contributed by atoms with Gasteiger partial charge in [-0.2, -0.15) is 0 Å². The summed E-state index contributed by atoms with van der Waals surface area (Å²) < 4.78 is 0. The summed E-state index contributed by atoms with van der Waals surface area (Å²) in [4.78, 5) is 9.58. The maximum Gasteiger partial charge on any atom is 0.193 e. The molecule has 2 heterocycles. The zero-order valence-corrected chi connectivity index (χ0v) is 18.0. The minimum absolute atomic E-state index is 0. The Morgan fingerprint density at radius 2 is 1.76 bits per heavy atom. The highest BCUT2D eigenvalue weighted by Gasteiger charge is 2.25. The monoisotopic (exact) mass is 456 g/mol. The van der Waals surface area contributed by atoms with Crippen LogP contribution in [0.4, 0.5) is 0 Å². The lowest BCUT2D eigenvalue weighted by molar-refractivity contribution is 0.237. The molecule has 2 fully saturated rings. The highest BCUT2D eigenvalue weighted by atomic mass is 127. The van der Waals surface area contributed by atoms with Crippen molar-refractivity contribution in [1.29, 1.82) is 0 Å². The molecule has 1 N–H and O–H groups in total. The number of nitrogens with one attached hydrogen (secondary N) is 1. The zero-order valence-electron chi connectivity index (χ0n) is 15.7. The number of piperidine rings is 1. The number of rotatable bonds is 4. The standard InChI is InChI=1S/C20H32N4.HI/c1-17-10-14-24(15-11-17)20(21-2)22-16-19(23-12-6-7-13-23)18-8-4-3-5-9-18;/h3-5,8-9,17,19H,6-7,10-16H2,1-2H3,(H,21,22);1H. The van der Waals surface area contributed by atoms with E-state index in [2.05, 4.69) is 57.4 Å². The van der Waals surface area contributed by atoms with E-state index >= 15 is 0 Å². The summed E-state index contributed by atoms with van der Waals surface area (Å²) in [6, 6.07) is 11.4. The lowest BCUT2D eigenvalue weighted by Crippen LogP contribution is -2.47. The molecule has 0 saturated carbocycles. The summed E-state index contributed by atoms with van der Waals surface area (Å²) in [6.07, 6.45) is 5.19. The lowest BCUT2D eigenvalue weighted by atomic mass is 9.99. The second-order valence-corrected chi connectivity index (χ2v) is 7.27. The molecule has 5 heteroatoms. The number of hydrogen-bond acceptors (Lipinski definition) is 2. The Balaban J connectivity index is 0.00000225. The second kappa shape index (κ2) is 10.4. The van der Waals surface area contributed by atoms with Crippen molar-refractivity contribution in [1.82, 2.24) is 15.1 Å². The summed E-state index contributed by atoms with van der Waals surface area (Å²) in [7, 11) is 1.91. The quantitative estimate of drug-likeness (QED) is 0.426. The summed E-state index contributed by atoms with van der Waals surface area (Å²) in [5.74, 6) is 1.92. The fourth-order valence-corrected chi connectivity index (χ4v) is 3.93. The van der Waals surface area contributed by atoms with Crippen molar-refractivity contribution in [2.24, 2.45) is 10.9 Å². The van der Waals surface area contributed by atoms with Crippen LogP contribution in [0.1, 0.15) is 44.2 Å². The molecule has 0 radical (unpaired) electrons. The smallest absolute Gasteiger partial charge is 0.193 e. The van der Waals surface area contributed by atoms with Gasteiger partial charge in [-0.05, 0) is 50.3 Å². The Morgan fingerprint density at radius 1 is 1.12 bits per heavy atom. The van der Waals surface area contributed by atoms with Crippen LogP contribution in [0.25, 0.3) is 0 Å². The predicted molar refractivity (Wildman–Crippen MR) is 117 cm³/mol. The first-order valence-electron chi connectivity index (χ1n) is 9.52. The van der Waals surface area contributed by atoms with E-state index in [1.165, 1.54) is 44.3 Å². The molecular formula is C20H33IN4. The van der Waals surface area contributed by atoms with Gasteiger partial charge in [0, 0.05) is 26.7 Å². The molecule has 1 unspecified atom stereocenters. The summed E-state index contributed by atoms with van der Waals surface area (Å²) in [5.41, 5.74) is 1.41. The zero-order chi connectivity index (χ0) is 16.8. The number of benzene rings is 1. The van der Waals surface area contributed by atoms with Crippen molar-refractivity contribution in [2.75, 3.05) is 39.8 Å². The number of aliphatic imine (C=N–C) groups is 1. The van der Waals surface area contributed by atoms with Crippen LogP contribution in [0.3, 0.4) is 0 Å². The summed E-state index contributed by atoms with van der Waals surface area (Å²) in [6.45, 7) is 7.96. The van der Waals surface area contributed by atoms with Crippen molar-refractivity contribution >= 4 is 29.9 Å². The molecule has 0 aliphatic carbocycles. The van der Waals surface area contributed by atoms with Gasteiger partial charge in [0.2, 0.25) is 0 Å². The van der Waals surface area contributed by atoms with Gasteiger partial charge in [-0.3, -0.25) is 9.89 Å². The minimum atomic E-state index is 0. The third kappa shape index (κ3) is 5.58. The fraction of sp³-hybridized carbons (Fsp3) is 0.650. The average Bonchev–Trinajstić information content (AvgIpc) is 3.15. The molecule has 1 aromatic carbocycles. The molecule has 4 nitrogen and oxygen atoms in total. The van der Waals surface area contributed by atoms with Crippen molar-refractivity contribution in [2.45, 2.75) is 38.6 Å². The van der Waals surface area contributed by atoms with E-state index in [-0.39, 0.29) is 24.0 Å². The molecule has 140 valence electrons. The maximum absolute atomic E-state index is 4.54. The van der Waals surface area contributed by atoms with Crippen molar-refractivity contribution < 1.29 is 0 Å². The van der Waals surface area contributed by atoms with Gasteiger partial charge in [-0.25, -0.2) is 0 Å². The van der Waals surface area contributed by atoms with Crippen LogP contribution < -0.4 is 5.32 Å². The van der Waals surface area contributed by atoms with Crippen LogP contribution in [0.5, 0.6) is 0 Å². The predicted octanol–water partition coefficient (Wildman–Crippen LogP) is 3.75. The van der Waals surface area contributed by atoms with Gasteiger partial charge in [0.1, 0.15) is 0 Å². The van der Waals surface area contributed by atoms with Gasteiger partial charge in [0.05, 0.1) is 6.04 Å². The Bertz CT molecular complexity index is 520. The SMILES string of the molecule is CN=C(NCC(c1ccccc1)N1CCCC1)N1CCC(C)CC1.I. The molecule has 2 saturated heterocycles. The molecule has 2 aliphatic heterocycles. The fourth-order valence-electron chi connectivity index (χ4n) is 3.93. The number of halogens is 1. The highest BCUT2D eigenvalue weighted by Crippen LogP contribution is 2.24. The van der Waals surface area contributed by atoms with Crippen LogP contribution >= 0.6 is 24.0 Å². The molecule has 0 bridgehead atoms. The molecular weight excluding hydrogens is 423 g/mol. The number of likely N-dealkylation sites (tertiary alicyclic amines) is 2. The van der Waals surface area contributed by atoms with Crippen LogP contribution in [-0.4, -0.2) is 55.5 Å². The Morgan fingerprint density at radius 3 is 2.36 bits per heavy atom. The van der Waals surface area contributed by atoms with E-state index in [0.717, 1.165) is 31.5 Å². The van der Waals surface area contributed by atoms with E-state index in [1.807, 2.05) is 7.05 Å². The van der Waals surface area contributed by atoms with E-state index in [1.54, 1.807) is 0 Å². The molecule has 1 aromatic rings. The third-order valence-electron chi connectivity index (χ3n) is 5.51. The van der Waals surface area contributed by atoms with Crippen LogP contribution in [0, 0.1) is 5.92 Å². The van der Waals surface area contributed by atoms with Gasteiger partial charge in [0.25, 0.3) is 0 Å². The Labute approximate surface area is 170 Å². The van der Waals surface area contributed by atoms with Gasteiger partial charge in [-0.1, -0.05) is 37.3 Å². The van der Waals surface area contributed by atoms with Crippen molar-refractivity contribution in [3.63, 3.8) is 0 Å². The minimum Gasteiger partial charge on any atom is -0.354 e. The van der Waals surface area contributed by atoms with Crippen LogP contribution in [-0.2, 0) is 0 Å². The maximum atomic E-state index is 4.54. The number of nitrogens with zero attached hydrogens (tertiary/aromatic N) is 3. The first kappa shape index (κ1) is 20.5. The van der Waals surface area contributed by atoms with Crippen LogP contribution in [0.15, 0.2) is 35.3 Å². The van der Waals surface area contributed by atoms with E-state index in [0.29, 0.717) is 6.04 Å². The van der Waals surface area contributed by atoms with Crippen molar-refractivity contribution in [3.05, 3.63) is 35.9 Å². The Kier molecular flexibility index (Phi) is 8.49.